The average Bonchev–Trinajstić information content (AvgIpc) is 2.64. The van der Waals surface area contributed by atoms with Gasteiger partial charge in [-0.25, -0.2) is 0 Å². The van der Waals surface area contributed by atoms with Crippen LogP contribution in [0, 0.1) is 6.92 Å². The van der Waals surface area contributed by atoms with Gasteiger partial charge in [-0.15, -0.1) is 5.10 Å². The lowest BCUT2D eigenvalue weighted by Crippen LogP contribution is -1.91. The van der Waals surface area contributed by atoms with Crippen LogP contribution in [0.2, 0.25) is 0 Å². The third kappa shape index (κ3) is 2.65. The number of nitrogens with zero attached hydrogens (tertiary/aromatic N) is 3. The number of rotatable bonds is 3. The SMILES string of the molecule is Cc1ccc(CCc2cn(C)nn2)cc1. The van der Waals surface area contributed by atoms with E-state index in [1.165, 1.54) is 11.1 Å². The molecular formula is C12H15N3. The summed E-state index contributed by atoms with van der Waals surface area (Å²) in [5, 5.41) is 7.97. The summed E-state index contributed by atoms with van der Waals surface area (Å²) in [5.74, 6) is 0. The second-order valence-electron chi connectivity index (χ2n) is 3.87. The van der Waals surface area contributed by atoms with E-state index in [1.54, 1.807) is 4.68 Å². The van der Waals surface area contributed by atoms with Crippen LogP contribution in [0.5, 0.6) is 0 Å². The van der Waals surface area contributed by atoms with Gasteiger partial charge in [-0.2, -0.15) is 0 Å². The van der Waals surface area contributed by atoms with Crippen molar-refractivity contribution in [3.05, 3.63) is 47.3 Å². The van der Waals surface area contributed by atoms with Gasteiger partial charge in [0.2, 0.25) is 0 Å². The minimum Gasteiger partial charge on any atom is -0.255 e. The van der Waals surface area contributed by atoms with E-state index in [-0.39, 0.29) is 0 Å². The Labute approximate surface area is 89.7 Å². The molecule has 1 aromatic carbocycles. The number of benzene rings is 1. The standard InChI is InChI=1S/C12H15N3/c1-10-3-5-11(6-4-10)7-8-12-9-15(2)14-13-12/h3-6,9H,7-8H2,1-2H3. The van der Waals surface area contributed by atoms with Gasteiger partial charge >= 0.3 is 0 Å². The van der Waals surface area contributed by atoms with E-state index in [9.17, 15) is 0 Å². The van der Waals surface area contributed by atoms with Crippen molar-refractivity contribution >= 4 is 0 Å². The topological polar surface area (TPSA) is 30.7 Å². The van der Waals surface area contributed by atoms with Crippen LogP contribution in [-0.4, -0.2) is 15.0 Å². The average molecular weight is 201 g/mol. The van der Waals surface area contributed by atoms with Gasteiger partial charge in [0.15, 0.2) is 0 Å². The predicted molar refractivity (Wildman–Crippen MR) is 59.6 cm³/mol. The Bertz CT molecular complexity index is 428. The predicted octanol–water partition coefficient (Wildman–Crippen LogP) is 1.91. The molecular weight excluding hydrogens is 186 g/mol. The first-order chi connectivity index (χ1) is 7.24. The molecule has 15 heavy (non-hydrogen) atoms. The maximum absolute atomic E-state index is 4.06. The maximum Gasteiger partial charge on any atom is 0.0830 e. The summed E-state index contributed by atoms with van der Waals surface area (Å²) < 4.78 is 1.74. The summed E-state index contributed by atoms with van der Waals surface area (Å²) in [5.41, 5.74) is 3.71. The second kappa shape index (κ2) is 4.26. The van der Waals surface area contributed by atoms with E-state index in [2.05, 4.69) is 41.5 Å². The van der Waals surface area contributed by atoms with Gasteiger partial charge in [-0.1, -0.05) is 35.0 Å². The molecule has 0 amide bonds. The molecule has 0 fully saturated rings. The monoisotopic (exact) mass is 201 g/mol. The van der Waals surface area contributed by atoms with Gasteiger partial charge in [0.25, 0.3) is 0 Å². The van der Waals surface area contributed by atoms with Gasteiger partial charge in [-0.05, 0) is 25.3 Å². The zero-order valence-corrected chi connectivity index (χ0v) is 9.14. The van der Waals surface area contributed by atoms with Crippen molar-refractivity contribution in [3.63, 3.8) is 0 Å². The molecule has 0 unspecified atom stereocenters. The molecule has 0 atom stereocenters. The molecule has 78 valence electrons. The third-order valence-corrected chi connectivity index (χ3v) is 2.44. The van der Waals surface area contributed by atoms with Crippen molar-refractivity contribution in [2.45, 2.75) is 19.8 Å². The fourth-order valence-electron chi connectivity index (χ4n) is 1.54. The molecule has 0 aliphatic heterocycles. The Kier molecular flexibility index (Phi) is 2.81. The van der Waals surface area contributed by atoms with Gasteiger partial charge in [0.1, 0.15) is 0 Å². The molecule has 0 saturated heterocycles. The third-order valence-electron chi connectivity index (χ3n) is 2.44. The highest BCUT2D eigenvalue weighted by molar-refractivity contribution is 5.21. The molecule has 0 aliphatic rings. The van der Waals surface area contributed by atoms with Crippen LogP contribution in [0.25, 0.3) is 0 Å². The molecule has 0 spiro atoms. The van der Waals surface area contributed by atoms with E-state index in [0.29, 0.717) is 0 Å². The van der Waals surface area contributed by atoms with Crippen molar-refractivity contribution in [3.8, 4) is 0 Å². The maximum atomic E-state index is 4.06. The molecule has 2 rings (SSSR count). The van der Waals surface area contributed by atoms with E-state index in [4.69, 9.17) is 0 Å². The van der Waals surface area contributed by atoms with Gasteiger partial charge in [0.05, 0.1) is 5.69 Å². The molecule has 0 bridgehead atoms. The molecule has 0 N–H and O–H groups in total. The minimum atomic E-state index is 0.955. The fourth-order valence-corrected chi connectivity index (χ4v) is 1.54. The molecule has 2 aromatic rings. The highest BCUT2D eigenvalue weighted by Crippen LogP contribution is 2.06. The highest BCUT2D eigenvalue weighted by atomic mass is 15.4. The molecule has 1 heterocycles. The first-order valence-corrected chi connectivity index (χ1v) is 5.15. The van der Waals surface area contributed by atoms with Crippen LogP contribution < -0.4 is 0 Å². The van der Waals surface area contributed by atoms with Crippen LogP contribution in [0.1, 0.15) is 16.8 Å². The Balaban J connectivity index is 1.96. The summed E-state index contributed by atoms with van der Waals surface area (Å²) in [6.45, 7) is 2.10. The van der Waals surface area contributed by atoms with E-state index in [0.717, 1.165) is 18.5 Å². The van der Waals surface area contributed by atoms with Crippen LogP contribution in [0.4, 0.5) is 0 Å². The number of hydrogen-bond donors (Lipinski definition) is 0. The van der Waals surface area contributed by atoms with Gasteiger partial charge in [0, 0.05) is 13.2 Å². The van der Waals surface area contributed by atoms with Crippen molar-refractivity contribution in [2.75, 3.05) is 0 Å². The van der Waals surface area contributed by atoms with Gasteiger partial charge < -0.3 is 0 Å². The fraction of sp³-hybridized carbons (Fsp3) is 0.333. The van der Waals surface area contributed by atoms with Crippen molar-refractivity contribution in [2.24, 2.45) is 7.05 Å². The Hall–Kier alpha value is -1.64. The van der Waals surface area contributed by atoms with Crippen LogP contribution in [0.3, 0.4) is 0 Å². The zero-order chi connectivity index (χ0) is 10.7. The molecule has 0 saturated carbocycles. The van der Waals surface area contributed by atoms with Gasteiger partial charge in [-0.3, -0.25) is 4.68 Å². The van der Waals surface area contributed by atoms with E-state index >= 15 is 0 Å². The molecule has 3 heteroatoms. The lowest BCUT2D eigenvalue weighted by Gasteiger charge is -1.99. The summed E-state index contributed by atoms with van der Waals surface area (Å²) in [6.07, 6.45) is 3.95. The van der Waals surface area contributed by atoms with Crippen molar-refractivity contribution in [1.29, 1.82) is 0 Å². The summed E-state index contributed by atoms with van der Waals surface area (Å²) >= 11 is 0. The summed E-state index contributed by atoms with van der Waals surface area (Å²) in [6, 6.07) is 8.63. The molecule has 3 nitrogen and oxygen atoms in total. The Morgan fingerprint density at radius 2 is 1.87 bits per heavy atom. The highest BCUT2D eigenvalue weighted by Gasteiger charge is 1.99. The summed E-state index contributed by atoms with van der Waals surface area (Å²) in [4.78, 5) is 0. The lowest BCUT2D eigenvalue weighted by atomic mass is 10.1. The molecule has 1 aromatic heterocycles. The Morgan fingerprint density at radius 3 is 2.47 bits per heavy atom. The van der Waals surface area contributed by atoms with Crippen LogP contribution in [0.15, 0.2) is 30.5 Å². The largest absolute Gasteiger partial charge is 0.255 e. The number of aromatic nitrogens is 3. The minimum absolute atomic E-state index is 0.955. The quantitative estimate of drug-likeness (QED) is 0.759. The molecule has 0 radical (unpaired) electrons. The second-order valence-corrected chi connectivity index (χ2v) is 3.87. The Morgan fingerprint density at radius 1 is 1.13 bits per heavy atom. The molecule has 0 aliphatic carbocycles. The summed E-state index contributed by atoms with van der Waals surface area (Å²) in [7, 11) is 1.89. The first kappa shape index (κ1) is 9.90. The normalized spacial score (nSPS) is 10.5. The van der Waals surface area contributed by atoms with Crippen LogP contribution in [-0.2, 0) is 19.9 Å². The first-order valence-electron chi connectivity index (χ1n) is 5.15. The van der Waals surface area contributed by atoms with Crippen molar-refractivity contribution in [1.82, 2.24) is 15.0 Å². The van der Waals surface area contributed by atoms with Crippen molar-refractivity contribution < 1.29 is 0 Å². The van der Waals surface area contributed by atoms with E-state index in [1.807, 2.05) is 13.2 Å². The zero-order valence-electron chi connectivity index (χ0n) is 9.14. The number of hydrogen-bond acceptors (Lipinski definition) is 2. The smallest absolute Gasteiger partial charge is 0.0830 e. The van der Waals surface area contributed by atoms with Crippen LogP contribution >= 0.6 is 0 Å². The number of aryl methyl sites for hydroxylation is 4. The van der Waals surface area contributed by atoms with E-state index < -0.39 is 0 Å². The lowest BCUT2D eigenvalue weighted by molar-refractivity contribution is 0.713.